The van der Waals surface area contributed by atoms with Crippen LogP contribution in [-0.4, -0.2) is 0 Å². The Morgan fingerprint density at radius 1 is 0.174 bits per heavy atom. The van der Waals surface area contributed by atoms with Gasteiger partial charge in [-0.05, 0) is 185 Å². The lowest BCUT2D eigenvalue weighted by atomic mass is 9.41. The van der Waals surface area contributed by atoms with Gasteiger partial charge in [0.15, 0.2) is 0 Å². The Balaban J connectivity index is 0.989. The van der Waals surface area contributed by atoms with E-state index in [0.717, 1.165) is 94.7 Å². The van der Waals surface area contributed by atoms with Crippen LogP contribution in [0.15, 0.2) is 0 Å². The predicted octanol–water partition coefficient (Wildman–Crippen LogP) is 13.7. The van der Waals surface area contributed by atoms with Crippen LogP contribution in [0.3, 0.4) is 0 Å². The van der Waals surface area contributed by atoms with Crippen molar-refractivity contribution in [2.75, 3.05) is 0 Å². The zero-order valence-electron chi connectivity index (χ0n) is 30.5. The first-order valence-electron chi connectivity index (χ1n) is 22.8. The zero-order valence-corrected chi connectivity index (χ0v) is 30.5. The summed E-state index contributed by atoms with van der Waals surface area (Å²) in [5.41, 5.74) is 0. The highest BCUT2D eigenvalue weighted by molar-refractivity contribution is 5.08. The molecule has 0 amide bonds. The van der Waals surface area contributed by atoms with Crippen LogP contribution < -0.4 is 0 Å². The molecule has 13 atom stereocenters. The highest BCUT2D eigenvalue weighted by Crippen LogP contribution is 2.66. The van der Waals surface area contributed by atoms with Crippen molar-refractivity contribution >= 4 is 0 Å². The third-order valence-electron chi connectivity index (χ3n) is 18.8. The van der Waals surface area contributed by atoms with E-state index in [1.54, 1.807) is 186 Å². The summed E-state index contributed by atoms with van der Waals surface area (Å²) in [6.07, 6.45) is 48.2. The summed E-state index contributed by atoms with van der Waals surface area (Å²) in [4.78, 5) is 0. The molecule has 0 nitrogen and oxygen atoms in total. The lowest BCUT2D eigenvalue weighted by molar-refractivity contribution is -0.151. The minimum Gasteiger partial charge on any atom is -0.0533 e. The van der Waals surface area contributed by atoms with Crippen molar-refractivity contribution in [2.24, 2.45) is 94.7 Å². The Bertz CT molecular complexity index is 943. The van der Waals surface area contributed by atoms with Crippen LogP contribution in [0, 0.1) is 94.7 Å². The monoisotopic (exact) mass is 629 g/mol. The zero-order chi connectivity index (χ0) is 30.5. The maximum Gasteiger partial charge on any atom is -0.0321 e. The average Bonchev–Trinajstić information content (AvgIpc) is 3.14. The first-order valence-corrected chi connectivity index (χ1v) is 22.8. The number of hydrogen-bond donors (Lipinski definition) is 0. The molecule has 9 aliphatic carbocycles. The molecule has 0 heteroatoms. The normalized spacial score (nSPS) is 52.0. The summed E-state index contributed by atoms with van der Waals surface area (Å²) in [7, 11) is 0. The number of fused-ring (bicyclic) bond motifs is 5. The van der Waals surface area contributed by atoms with Crippen LogP contribution in [0.1, 0.15) is 193 Å². The van der Waals surface area contributed by atoms with Crippen LogP contribution in [0.25, 0.3) is 0 Å². The molecular formula is C46H76. The van der Waals surface area contributed by atoms with Crippen molar-refractivity contribution in [3.05, 3.63) is 0 Å². The van der Waals surface area contributed by atoms with Crippen LogP contribution in [0.2, 0.25) is 0 Å². The fraction of sp³-hybridized carbons (Fsp3) is 1.00. The van der Waals surface area contributed by atoms with Gasteiger partial charge in [-0.25, -0.2) is 0 Å². The first kappa shape index (κ1) is 31.9. The second-order valence-corrected chi connectivity index (χ2v) is 20.3. The van der Waals surface area contributed by atoms with Crippen molar-refractivity contribution in [3.8, 4) is 0 Å². The molecule has 12 unspecified atom stereocenters. The summed E-state index contributed by atoms with van der Waals surface area (Å²) in [5.74, 6) is 18.1. The molecule has 0 aromatic carbocycles. The quantitative estimate of drug-likeness (QED) is 0.290. The summed E-state index contributed by atoms with van der Waals surface area (Å²) >= 11 is 0. The molecule has 9 aliphatic rings. The lowest BCUT2D eigenvalue weighted by Crippen LogP contribution is -2.57. The minimum atomic E-state index is 1.11. The summed E-state index contributed by atoms with van der Waals surface area (Å²) < 4.78 is 0. The van der Waals surface area contributed by atoms with Crippen molar-refractivity contribution in [2.45, 2.75) is 193 Å². The van der Waals surface area contributed by atoms with Gasteiger partial charge in [0.25, 0.3) is 0 Å². The van der Waals surface area contributed by atoms with Gasteiger partial charge in [-0.3, -0.25) is 0 Å². The summed E-state index contributed by atoms with van der Waals surface area (Å²) in [6.45, 7) is 0. The van der Waals surface area contributed by atoms with E-state index in [2.05, 4.69) is 0 Å². The Hall–Kier alpha value is 0. The van der Waals surface area contributed by atoms with Crippen LogP contribution in [0.4, 0.5) is 0 Å². The fourth-order valence-electron chi connectivity index (χ4n) is 17.4. The smallest absolute Gasteiger partial charge is 0.0321 e. The van der Waals surface area contributed by atoms with Gasteiger partial charge in [0.1, 0.15) is 0 Å². The largest absolute Gasteiger partial charge is 0.0533 e. The molecule has 9 saturated carbocycles. The lowest BCUT2D eigenvalue weighted by Gasteiger charge is -2.64. The maximum atomic E-state index is 1.70. The first-order chi connectivity index (χ1) is 22.8. The maximum absolute atomic E-state index is 1.70. The van der Waals surface area contributed by atoms with Gasteiger partial charge in [-0.2, -0.15) is 0 Å². The van der Waals surface area contributed by atoms with Crippen LogP contribution in [0.5, 0.6) is 0 Å². The molecule has 0 aromatic heterocycles. The summed E-state index contributed by atoms with van der Waals surface area (Å²) in [5, 5.41) is 0. The van der Waals surface area contributed by atoms with E-state index < -0.39 is 0 Å². The summed E-state index contributed by atoms with van der Waals surface area (Å²) in [6, 6.07) is 0. The third kappa shape index (κ3) is 5.94. The fourth-order valence-corrected chi connectivity index (χ4v) is 17.4. The standard InChI is InChI=1S/C46H76/c1-2-14-31(15-3-1)32-26-28-33(29-27-32)35-17-6-9-21-39(35)45-40-22-10-12-24-42(40)46(43-25-13-11-23-41(43)45)44-30-34-16-4-5-18-36(34)37-19-7-8-20-38(37)44/h31-46H,1-30H2/t32?,33?,34?,35?,36?,37?,38?,39?,40?,41?,42-,43?,44?,45?,46?/m0/s1. The molecule has 9 rings (SSSR count). The Morgan fingerprint density at radius 2 is 0.478 bits per heavy atom. The highest BCUT2D eigenvalue weighted by Gasteiger charge is 2.59. The SMILES string of the molecule is C1CCC(C2CCC(C3CCCCC3C3C4CCCCC4C(C4CC5CCCCC5C5CCCCC54)[C@H]4CCCCC34)CC2)CC1. The molecule has 9 fully saturated rings. The van der Waals surface area contributed by atoms with E-state index >= 15 is 0 Å². The van der Waals surface area contributed by atoms with Crippen molar-refractivity contribution < 1.29 is 0 Å². The van der Waals surface area contributed by atoms with Gasteiger partial charge in [-0.1, -0.05) is 103 Å². The molecule has 0 aliphatic heterocycles. The van der Waals surface area contributed by atoms with Gasteiger partial charge in [-0.15, -0.1) is 0 Å². The van der Waals surface area contributed by atoms with Crippen molar-refractivity contribution in [3.63, 3.8) is 0 Å². The van der Waals surface area contributed by atoms with Crippen LogP contribution >= 0.6 is 0 Å². The molecule has 0 heterocycles. The molecule has 0 saturated heterocycles. The molecule has 0 aromatic rings. The second-order valence-electron chi connectivity index (χ2n) is 20.3. The Kier molecular flexibility index (Phi) is 9.94. The van der Waals surface area contributed by atoms with Gasteiger partial charge >= 0.3 is 0 Å². The van der Waals surface area contributed by atoms with E-state index in [1.165, 1.54) is 6.42 Å². The molecule has 0 radical (unpaired) electrons. The van der Waals surface area contributed by atoms with E-state index in [9.17, 15) is 0 Å². The van der Waals surface area contributed by atoms with Gasteiger partial charge in [0, 0.05) is 0 Å². The van der Waals surface area contributed by atoms with Gasteiger partial charge < -0.3 is 0 Å². The van der Waals surface area contributed by atoms with E-state index in [-0.39, 0.29) is 0 Å². The van der Waals surface area contributed by atoms with Gasteiger partial charge in [0.05, 0.1) is 0 Å². The van der Waals surface area contributed by atoms with E-state index in [0.29, 0.717) is 0 Å². The van der Waals surface area contributed by atoms with Crippen LogP contribution in [-0.2, 0) is 0 Å². The molecular weight excluding hydrogens is 553 g/mol. The van der Waals surface area contributed by atoms with E-state index in [4.69, 9.17) is 0 Å². The molecule has 0 bridgehead atoms. The topological polar surface area (TPSA) is 0 Å². The third-order valence-corrected chi connectivity index (χ3v) is 18.8. The van der Waals surface area contributed by atoms with E-state index in [1.807, 2.05) is 0 Å². The molecule has 46 heavy (non-hydrogen) atoms. The number of hydrogen-bond acceptors (Lipinski definition) is 0. The highest BCUT2D eigenvalue weighted by atomic mass is 14.6. The Labute approximate surface area is 286 Å². The van der Waals surface area contributed by atoms with Crippen molar-refractivity contribution in [1.82, 2.24) is 0 Å². The average molecular weight is 629 g/mol. The molecule has 260 valence electrons. The molecule has 0 spiro atoms. The Morgan fingerprint density at radius 3 is 1.02 bits per heavy atom. The van der Waals surface area contributed by atoms with Gasteiger partial charge in [0.2, 0.25) is 0 Å². The van der Waals surface area contributed by atoms with Crippen molar-refractivity contribution in [1.29, 1.82) is 0 Å². The predicted molar refractivity (Wildman–Crippen MR) is 194 cm³/mol. The molecule has 0 N–H and O–H groups in total. The number of rotatable bonds is 4. The second kappa shape index (κ2) is 14.3. The minimum absolute atomic E-state index is 1.11.